The zero-order chi connectivity index (χ0) is 18.7. The topological polar surface area (TPSA) is 74.7 Å². The van der Waals surface area contributed by atoms with Gasteiger partial charge in [0.2, 0.25) is 0 Å². The summed E-state index contributed by atoms with van der Waals surface area (Å²) in [5, 5.41) is 9.59. The minimum Gasteiger partial charge on any atom is -0.478 e. The fourth-order valence-corrected chi connectivity index (χ4v) is 6.16. The normalized spacial score (nSPS) is 16.1. The highest BCUT2D eigenvalue weighted by Gasteiger charge is 2.29. The van der Waals surface area contributed by atoms with Gasteiger partial charge in [-0.25, -0.2) is 13.2 Å². The third-order valence-corrected chi connectivity index (χ3v) is 8.39. The molecule has 1 aliphatic rings. The molecule has 0 unspecified atom stereocenters. The van der Waals surface area contributed by atoms with Gasteiger partial charge in [0.05, 0.1) is 5.57 Å². The van der Waals surface area contributed by atoms with E-state index in [2.05, 4.69) is 0 Å². The van der Waals surface area contributed by atoms with Crippen LogP contribution in [-0.2, 0) is 14.8 Å². The van der Waals surface area contributed by atoms with E-state index in [9.17, 15) is 18.3 Å². The zero-order valence-electron chi connectivity index (χ0n) is 14.2. The van der Waals surface area contributed by atoms with E-state index < -0.39 is 16.0 Å². The summed E-state index contributed by atoms with van der Waals surface area (Å²) in [4.78, 5) is 13.2. The minimum absolute atomic E-state index is 0.0924. The van der Waals surface area contributed by atoms with Crippen LogP contribution in [0.1, 0.15) is 23.3 Å². The van der Waals surface area contributed by atoms with Crippen LogP contribution in [0.25, 0.3) is 11.6 Å². The van der Waals surface area contributed by atoms with Crippen molar-refractivity contribution in [3.05, 3.63) is 46.8 Å². The van der Waals surface area contributed by atoms with Crippen molar-refractivity contribution in [1.82, 2.24) is 4.31 Å². The maximum Gasteiger partial charge on any atom is 0.337 e. The van der Waals surface area contributed by atoms with Crippen molar-refractivity contribution in [2.75, 3.05) is 19.3 Å². The first-order valence-corrected chi connectivity index (χ1v) is 11.6. The Morgan fingerprint density at radius 3 is 2.38 bits per heavy atom. The number of aliphatic carboxylic acids is 1. The second-order valence-electron chi connectivity index (χ2n) is 5.87. The van der Waals surface area contributed by atoms with Gasteiger partial charge in [0.1, 0.15) is 4.21 Å². The predicted molar refractivity (Wildman–Crippen MR) is 106 cm³/mol. The fourth-order valence-electron chi connectivity index (χ4n) is 2.76. The van der Waals surface area contributed by atoms with Crippen LogP contribution in [0.2, 0.25) is 0 Å². The molecule has 26 heavy (non-hydrogen) atoms. The second kappa shape index (κ2) is 7.96. The van der Waals surface area contributed by atoms with Gasteiger partial charge in [-0.05, 0) is 55.0 Å². The van der Waals surface area contributed by atoms with Crippen molar-refractivity contribution in [2.45, 2.75) is 21.9 Å². The molecule has 0 amide bonds. The van der Waals surface area contributed by atoms with E-state index in [1.807, 2.05) is 30.5 Å². The number of sulfonamides is 1. The molecule has 138 valence electrons. The number of carbonyl (C=O) groups is 1. The SMILES string of the molecule is CSc1ccc(/C=C(\C(=O)O)c2ccc(S(=O)(=O)N3CCCC3)s2)cc1. The lowest BCUT2D eigenvalue weighted by Gasteiger charge is -2.13. The van der Waals surface area contributed by atoms with Crippen LogP contribution in [0, 0.1) is 0 Å². The Kier molecular flexibility index (Phi) is 5.86. The van der Waals surface area contributed by atoms with Gasteiger partial charge in [-0.15, -0.1) is 23.1 Å². The number of benzene rings is 1. The van der Waals surface area contributed by atoms with E-state index in [1.165, 1.54) is 10.4 Å². The first kappa shape index (κ1) is 19.2. The average Bonchev–Trinajstić information content (AvgIpc) is 3.32. The smallest absolute Gasteiger partial charge is 0.337 e. The van der Waals surface area contributed by atoms with Crippen LogP contribution in [0.4, 0.5) is 0 Å². The van der Waals surface area contributed by atoms with Gasteiger partial charge in [-0.2, -0.15) is 4.31 Å². The molecule has 1 fully saturated rings. The summed E-state index contributed by atoms with van der Waals surface area (Å²) >= 11 is 2.62. The molecule has 0 spiro atoms. The van der Waals surface area contributed by atoms with Crippen molar-refractivity contribution in [3.63, 3.8) is 0 Å². The number of thiophene rings is 1. The number of carboxylic acid groups (broad SMARTS) is 1. The standard InChI is InChI=1S/C18H19NO4S3/c1-24-14-6-4-13(5-7-14)12-15(18(20)21)16-8-9-17(25-16)26(22,23)19-10-2-3-11-19/h4-9,12H,2-3,10-11H2,1H3,(H,20,21)/b15-12-. The van der Waals surface area contributed by atoms with E-state index in [4.69, 9.17) is 0 Å². The third-order valence-electron chi connectivity index (χ3n) is 4.16. The molecular weight excluding hydrogens is 390 g/mol. The first-order chi connectivity index (χ1) is 12.4. The van der Waals surface area contributed by atoms with Crippen LogP contribution >= 0.6 is 23.1 Å². The molecule has 3 rings (SSSR count). The highest BCUT2D eigenvalue weighted by molar-refractivity contribution is 7.98. The van der Waals surface area contributed by atoms with E-state index in [1.54, 1.807) is 23.9 Å². The molecule has 0 bridgehead atoms. The minimum atomic E-state index is -3.53. The average molecular weight is 410 g/mol. The highest BCUT2D eigenvalue weighted by Crippen LogP contribution is 2.32. The number of hydrogen-bond donors (Lipinski definition) is 1. The van der Waals surface area contributed by atoms with E-state index >= 15 is 0 Å². The summed E-state index contributed by atoms with van der Waals surface area (Å²) in [5.41, 5.74) is 0.854. The number of rotatable bonds is 6. The van der Waals surface area contributed by atoms with Crippen LogP contribution in [0.5, 0.6) is 0 Å². The molecule has 1 N–H and O–H groups in total. The maximum atomic E-state index is 12.6. The summed E-state index contributed by atoms with van der Waals surface area (Å²) in [5.74, 6) is -1.08. The molecule has 2 heterocycles. The van der Waals surface area contributed by atoms with Crippen molar-refractivity contribution in [1.29, 1.82) is 0 Å². The molecule has 5 nitrogen and oxygen atoms in total. The number of carboxylic acids is 1. The molecule has 1 aromatic carbocycles. The monoisotopic (exact) mass is 409 g/mol. The zero-order valence-corrected chi connectivity index (χ0v) is 16.7. The lowest BCUT2D eigenvalue weighted by molar-refractivity contribution is -0.130. The van der Waals surface area contributed by atoms with Gasteiger partial charge in [0.15, 0.2) is 0 Å². The number of thioether (sulfide) groups is 1. The predicted octanol–water partition coefficient (Wildman–Crippen LogP) is 3.88. The molecule has 2 aromatic rings. The van der Waals surface area contributed by atoms with Crippen LogP contribution in [0.15, 0.2) is 45.5 Å². The molecule has 1 saturated heterocycles. The van der Waals surface area contributed by atoms with Gasteiger partial charge in [-0.1, -0.05) is 12.1 Å². The van der Waals surface area contributed by atoms with Crippen molar-refractivity contribution < 1.29 is 18.3 Å². The summed E-state index contributed by atoms with van der Waals surface area (Å²) in [6.45, 7) is 1.05. The highest BCUT2D eigenvalue weighted by atomic mass is 32.2. The summed E-state index contributed by atoms with van der Waals surface area (Å²) in [6, 6.07) is 10.6. The number of hydrogen-bond acceptors (Lipinski definition) is 5. The molecule has 0 radical (unpaired) electrons. The molecule has 0 atom stereocenters. The Hall–Kier alpha value is -1.61. The molecule has 1 aromatic heterocycles. The van der Waals surface area contributed by atoms with Gasteiger partial charge in [0, 0.05) is 22.9 Å². The van der Waals surface area contributed by atoms with Gasteiger partial charge in [0.25, 0.3) is 10.0 Å². The van der Waals surface area contributed by atoms with E-state index in [-0.39, 0.29) is 9.78 Å². The molecular formula is C18H19NO4S3. The van der Waals surface area contributed by atoms with Crippen LogP contribution < -0.4 is 0 Å². The van der Waals surface area contributed by atoms with Crippen LogP contribution in [0.3, 0.4) is 0 Å². The molecule has 0 aliphatic carbocycles. The van der Waals surface area contributed by atoms with E-state index in [0.29, 0.717) is 18.0 Å². The summed E-state index contributed by atoms with van der Waals surface area (Å²) in [6.07, 6.45) is 5.28. The molecule has 1 aliphatic heterocycles. The molecule has 8 heteroatoms. The lowest BCUT2D eigenvalue weighted by Crippen LogP contribution is -2.27. The van der Waals surface area contributed by atoms with Crippen molar-refractivity contribution >= 4 is 50.7 Å². The van der Waals surface area contributed by atoms with Crippen molar-refractivity contribution in [2.24, 2.45) is 0 Å². The fraction of sp³-hybridized carbons (Fsp3) is 0.278. The Balaban J connectivity index is 1.93. The Labute approximate surface area is 161 Å². The summed E-state index contributed by atoms with van der Waals surface area (Å²) < 4.78 is 26.9. The largest absolute Gasteiger partial charge is 0.478 e. The second-order valence-corrected chi connectivity index (χ2v) is 9.99. The third kappa shape index (κ3) is 4.03. The Morgan fingerprint density at radius 2 is 1.81 bits per heavy atom. The number of nitrogens with zero attached hydrogens (tertiary/aromatic N) is 1. The van der Waals surface area contributed by atoms with Gasteiger partial charge < -0.3 is 5.11 Å². The lowest BCUT2D eigenvalue weighted by atomic mass is 10.1. The first-order valence-electron chi connectivity index (χ1n) is 8.11. The van der Waals surface area contributed by atoms with Crippen molar-refractivity contribution in [3.8, 4) is 0 Å². The Morgan fingerprint density at radius 1 is 1.15 bits per heavy atom. The maximum absolute atomic E-state index is 12.6. The van der Waals surface area contributed by atoms with Crippen LogP contribution in [-0.4, -0.2) is 43.1 Å². The summed E-state index contributed by atoms with van der Waals surface area (Å²) in [7, 11) is -3.53. The quantitative estimate of drug-likeness (QED) is 0.579. The Bertz CT molecular complexity index is 924. The molecule has 0 saturated carbocycles. The van der Waals surface area contributed by atoms with E-state index in [0.717, 1.165) is 34.6 Å². The van der Waals surface area contributed by atoms with Gasteiger partial charge >= 0.3 is 5.97 Å². The van der Waals surface area contributed by atoms with Gasteiger partial charge in [-0.3, -0.25) is 0 Å².